The van der Waals surface area contributed by atoms with E-state index in [2.05, 4.69) is 37.1 Å². The zero-order valence-electron chi connectivity index (χ0n) is 12.3. The summed E-state index contributed by atoms with van der Waals surface area (Å²) in [6.07, 6.45) is 4.24. The molecule has 0 aliphatic rings. The summed E-state index contributed by atoms with van der Waals surface area (Å²) in [4.78, 5) is 2.46. The lowest BCUT2D eigenvalue weighted by molar-refractivity contribution is 0.143. The minimum absolute atomic E-state index is 0.339. The smallest absolute Gasteiger partial charge is 0.117 e. The van der Waals surface area contributed by atoms with Crippen LogP contribution in [0.4, 0.5) is 0 Å². The number of nitrogens with zero attached hydrogens (tertiary/aromatic N) is 1. The fraction of sp³-hybridized carbons (Fsp3) is 0.733. The van der Waals surface area contributed by atoms with Gasteiger partial charge in [0.05, 0.1) is 12.8 Å². The summed E-state index contributed by atoms with van der Waals surface area (Å²) in [5.74, 6) is 1.06. The summed E-state index contributed by atoms with van der Waals surface area (Å²) < 4.78 is 5.44. The fourth-order valence-electron chi connectivity index (χ4n) is 2.70. The molecule has 0 saturated carbocycles. The molecule has 1 aromatic rings. The van der Waals surface area contributed by atoms with Gasteiger partial charge in [-0.2, -0.15) is 0 Å². The monoisotopic (exact) mass is 252 g/mol. The van der Waals surface area contributed by atoms with Gasteiger partial charge in [0.15, 0.2) is 0 Å². The van der Waals surface area contributed by atoms with Gasteiger partial charge in [0.25, 0.3) is 0 Å². The van der Waals surface area contributed by atoms with E-state index in [1.807, 2.05) is 13.1 Å². The average molecular weight is 252 g/mol. The molecule has 0 bridgehead atoms. The van der Waals surface area contributed by atoms with Crippen molar-refractivity contribution in [3.63, 3.8) is 0 Å². The Bertz CT molecular complexity index is 302. The minimum atomic E-state index is 0.339. The summed E-state index contributed by atoms with van der Waals surface area (Å²) in [5.41, 5.74) is 0.339. The van der Waals surface area contributed by atoms with E-state index in [1.165, 1.54) is 12.8 Å². The highest BCUT2D eigenvalue weighted by atomic mass is 16.3. The number of hydrogen-bond acceptors (Lipinski definition) is 3. The maximum absolute atomic E-state index is 5.44. The quantitative estimate of drug-likeness (QED) is 0.732. The predicted octanol–water partition coefficient (Wildman–Crippen LogP) is 3.13. The van der Waals surface area contributed by atoms with Crippen LogP contribution in [0.3, 0.4) is 0 Å². The first-order chi connectivity index (χ1) is 8.63. The third kappa shape index (κ3) is 4.83. The molecule has 1 unspecified atom stereocenters. The molecule has 0 saturated heterocycles. The first kappa shape index (κ1) is 15.3. The third-order valence-electron chi connectivity index (χ3n) is 3.47. The Morgan fingerprint density at radius 3 is 2.67 bits per heavy atom. The molecule has 1 rings (SSSR count). The summed E-state index contributed by atoms with van der Waals surface area (Å²) in [6, 6.07) is 4.01. The van der Waals surface area contributed by atoms with E-state index in [1.54, 1.807) is 6.26 Å². The highest BCUT2D eigenvalue weighted by molar-refractivity contribution is 4.98. The second kappa shape index (κ2) is 7.59. The molecule has 104 valence electrons. The fourth-order valence-corrected chi connectivity index (χ4v) is 2.70. The number of hydrogen-bond donors (Lipinski definition) is 1. The Kier molecular flexibility index (Phi) is 6.44. The molecule has 0 aromatic carbocycles. The van der Waals surface area contributed by atoms with E-state index in [-0.39, 0.29) is 0 Å². The predicted molar refractivity (Wildman–Crippen MR) is 76.6 cm³/mol. The minimum Gasteiger partial charge on any atom is -0.468 e. The van der Waals surface area contributed by atoms with Crippen molar-refractivity contribution in [2.24, 2.45) is 5.41 Å². The topological polar surface area (TPSA) is 28.4 Å². The van der Waals surface area contributed by atoms with Gasteiger partial charge >= 0.3 is 0 Å². The summed E-state index contributed by atoms with van der Waals surface area (Å²) in [5, 5.41) is 3.33. The lowest BCUT2D eigenvalue weighted by Crippen LogP contribution is -2.41. The Hall–Kier alpha value is -0.800. The Labute approximate surface area is 112 Å². The van der Waals surface area contributed by atoms with Crippen molar-refractivity contribution in [1.82, 2.24) is 10.2 Å². The normalized spacial score (nSPS) is 14.9. The number of nitrogens with one attached hydrogen (secondary N) is 1. The summed E-state index contributed by atoms with van der Waals surface area (Å²) in [7, 11) is 2.04. The van der Waals surface area contributed by atoms with Crippen LogP contribution >= 0.6 is 0 Å². The molecule has 18 heavy (non-hydrogen) atoms. The van der Waals surface area contributed by atoms with Crippen molar-refractivity contribution in [2.75, 3.05) is 26.7 Å². The van der Waals surface area contributed by atoms with Crippen molar-refractivity contribution < 1.29 is 4.42 Å². The van der Waals surface area contributed by atoms with Crippen LogP contribution in [-0.2, 0) is 6.54 Å². The van der Waals surface area contributed by atoms with Gasteiger partial charge in [0, 0.05) is 13.1 Å². The van der Waals surface area contributed by atoms with Crippen molar-refractivity contribution in [1.29, 1.82) is 0 Å². The average Bonchev–Trinajstić information content (AvgIpc) is 2.81. The molecule has 0 fully saturated rings. The molecule has 0 radical (unpaired) electrons. The Morgan fingerprint density at radius 1 is 1.39 bits per heavy atom. The lowest BCUT2D eigenvalue weighted by atomic mass is 9.84. The molecule has 1 N–H and O–H groups in total. The van der Waals surface area contributed by atoms with Gasteiger partial charge in [-0.05, 0) is 37.6 Å². The molecule has 3 nitrogen and oxygen atoms in total. The van der Waals surface area contributed by atoms with Crippen LogP contribution in [0.1, 0.15) is 39.4 Å². The van der Waals surface area contributed by atoms with Crippen LogP contribution in [0.5, 0.6) is 0 Å². The SMILES string of the molecule is CCCC(C)(CNC)CN(CC)Cc1ccco1. The van der Waals surface area contributed by atoms with Crippen LogP contribution in [-0.4, -0.2) is 31.6 Å². The molecular weight excluding hydrogens is 224 g/mol. The van der Waals surface area contributed by atoms with Gasteiger partial charge in [0.2, 0.25) is 0 Å². The molecule has 3 heteroatoms. The largest absolute Gasteiger partial charge is 0.468 e. The van der Waals surface area contributed by atoms with E-state index >= 15 is 0 Å². The molecule has 0 aliphatic carbocycles. The van der Waals surface area contributed by atoms with Crippen molar-refractivity contribution >= 4 is 0 Å². The maximum Gasteiger partial charge on any atom is 0.117 e. The Morgan fingerprint density at radius 2 is 2.17 bits per heavy atom. The first-order valence-electron chi connectivity index (χ1n) is 7.03. The molecule has 0 spiro atoms. The van der Waals surface area contributed by atoms with E-state index in [0.717, 1.165) is 31.9 Å². The van der Waals surface area contributed by atoms with Crippen molar-refractivity contribution in [3.05, 3.63) is 24.2 Å². The Balaban J connectivity index is 2.58. The zero-order valence-corrected chi connectivity index (χ0v) is 12.3. The standard InChI is InChI=1S/C15H28N2O/c1-5-9-15(3,12-16-4)13-17(6-2)11-14-8-7-10-18-14/h7-8,10,16H,5-6,9,11-13H2,1-4H3. The van der Waals surface area contributed by atoms with Crippen LogP contribution in [0.2, 0.25) is 0 Å². The first-order valence-corrected chi connectivity index (χ1v) is 7.03. The highest BCUT2D eigenvalue weighted by Gasteiger charge is 2.25. The van der Waals surface area contributed by atoms with Gasteiger partial charge in [-0.15, -0.1) is 0 Å². The molecule has 1 heterocycles. The van der Waals surface area contributed by atoms with Gasteiger partial charge < -0.3 is 9.73 Å². The van der Waals surface area contributed by atoms with Gasteiger partial charge in [0.1, 0.15) is 5.76 Å². The van der Waals surface area contributed by atoms with E-state index in [9.17, 15) is 0 Å². The highest BCUT2D eigenvalue weighted by Crippen LogP contribution is 2.24. The van der Waals surface area contributed by atoms with E-state index in [4.69, 9.17) is 4.42 Å². The molecule has 1 aromatic heterocycles. The maximum atomic E-state index is 5.44. The van der Waals surface area contributed by atoms with Crippen LogP contribution in [0.25, 0.3) is 0 Å². The van der Waals surface area contributed by atoms with Gasteiger partial charge in [-0.3, -0.25) is 4.90 Å². The number of furan rings is 1. The molecule has 0 amide bonds. The van der Waals surface area contributed by atoms with Crippen molar-refractivity contribution in [3.8, 4) is 0 Å². The second-order valence-electron chi connectivity index (χ2n) is 5.47. The molecule has 0 aliphatic heterocycles. The van der Waals surface area contributed by atoms with Crippen molar-refractivity contribution in [2.45, 2.75) is 40.2 Å². The van der Waals surface area contributed by atoms with E-state index in [0.29, 0.717) is 5.41 Å². The second-order valence-corrected chi connectivity index (χ2v) is 5.47. The lowest BCUT2D eigenvalue weighted by Gasteiger charge is -2.34. The third-order valence-corrected chi connectivity index (χ3v) is 3.47. The van der Waals surface area contributed by atoms with E-state index < -0.39 is 0 Å². The van der Waals surface area contributed by atoms with Crippen LogP contribution in [0, 0.1) is 5.41 Å². The molecular formula is C15H28N2O. The van der Waals surface area contributed by atoms with Crippen LogP contribution in [0.15, 0.2) is 22.8 Å². The van der Waals surface area contributed by atoms with Gasteiger partial charge in [-0.1, -0.05) is 27.2 Å². The number of rotatable bonds is 9. The van der Waals surface area contributed by atoms with Gasteiger partial charge in [-0.25, -0.2) is 0 Å². The van der Waals surface area contributed by atoms with Crippen LogP contribution < -0.4 is 5.32 Å². The summed E-state index contributed by atoms with van der Waals surface area (Å²) in [6.45, 7) is 11.0. The summed E-state index contributed by atoms with van der Waals surface area (Å²) >= 11 is 0. The molecule has 1 atom stereocenters. The zero-order chi connectivity index (χ0) is 13.4.